The summed E-state index contributed by atoms with van der Waals surface area (Å²) >= 11 is 0. The molecule has 0 aromatic heterocycles. The molecule has 0 N–H and O–H groups in total. The lowest BCUT2D eigenvalue weighted by Gasteiger charge is -2.11. The molecule has 1 rings (SSSR count). The molecule has 0 bridgehead atoms. The van der Waals surface area contributed by atoms with Gasteiger partial charge >= 0.3 is 0 Å². The summed E-state index contributed by atoms with van der Waals surface area (Å²) in [7, 11) is 0. The summed E-state index contributed by atoms with van der Waals surface area (Å²) in [5.74, 6) is 0. The number of hydrogen-bond acceptors (Lipinski definition) is 0. The van der Waals surface area contributed by atoms with Gasteiger partial charge in [0.2, 0.25) is 0 Å². The van der Waals surface area contributed by atoms with Crippen molar-refractivity contribution in [1.82, 2.24) is 0 Å². The Hall–Kier alpha value is -1.04. The van der Waals surface area contributed by atoms with Crippen molar-refractivity contribution in [1.29, 1.82) is 0 Å². The first kappa shape index (κ1) is 16.0. The van der Waals surface area contributed by atoms with Crippen molar-refractivity contribution in [3.05, 3.63) is 41.5 Å². The summed E-state index contributed by atoms with van der Waals surface area (Å²) in [5, 5.41) is 0. The van der Waals surface area contributed by atoms with Gasteiger partial charge in [0.05, 0.1) is 0 Å². The van der Waals surface area contributed by atoms with E-state index in [9.17, 15) is 0 Å². The summed E-state index contributed by atoms with van der Waals surface area (Å²) in [5.41, 5.74) is 4.46. The van der Waals surface area contributed by atoms with Crippen molar-refractivity contribution in [3.8, 4) is 0 Å². The highest BCUT2D eigenvalue weighted by Crippen LogP contribution is 2.25. The van der Waals surface area contributed by atoms with Crippen LogP contribution in [0.2, 0.25) is 0 Å². The molecule has 1 aromatic rings. The molecule has 0 nitrogen and oxygen atoms in total. The van der Waals surface area contributed by atoms with Crippen molar-refractivity contribution in [2.24, 2.45) is 0 Å². The Morgan fingerprint density at radius 2 is 1.63 bits per heavy atom. The number of allylic oxidation sites excluding steroid dienone is 2. The molecule has 0 atom stereocenters. The molecule has 0 fully saturated rings. The van der Waals surface area contributed by atoms with Gasteiger partial charge in [-0.05, 0) is 49.3 Å². The number of hydrogen-bond donors (Lipinski definition) is 0. The molecule has 0 heterocycles. The molecule has 19 heavy (non-hydrogen) atoms. The molecule has 0 aliphatic heterocycles. The van der Waals surface area contributed by atoms with Gasteiger partial charge in [-0.2, -0.15) is 0 Å². The first-order valence-electron chi connectivity index (χ1n) is 8.04. The minimum atomic E-state index is 1.24. The number of unbranched alkanes of at least 4 members (excludes halogenated alkanes) is 5. The minimum Gasteiger partial charge on any atom is -0.0807 e. The SMILES string of the molecule is CCCCC/C=C(\CCCCC)c1ccccc1C. The van der Waals surface area contributed by atoms with Crippen molar-refractivity contribution in [3.63, 3.8) is 0 Å². The van der Waals surface area contributed by atoms with E-state index in [0.29, 0.717) is 0 Å². The molecular formula is C19H30. The second kappa shape index (κ2) is 9.83. The highest BCUT2D eigenvalue weighted by Gasteiger charge is 2.04. The Labute approximate surface area is 119 Å². The van der Waals surface area contributed by atoms with Crippen molar-refractivity contribution >= 4 is 5.57 Å². The predicted octanol–water partition coefficient (Wildman–Crippen LogP) is 6.54. The Bertz CT molecular complexity index is 373. The third-order valence-corrected chi connectivity index (χ3v) is 3.74. The van der Waals surface area contributed by atoms with E-state index in [1.165, 1.54) is 62.5 Å². The number of rotatable bonds is 9. The molecule has 0 spiro atoms. The van der Waals surface area contributed by atoms with Crippen molar-refractivity contribution in [2.45, 2.75) is 72.1 Å². The average molecular weight is 258 g/mol. The van der Waals surface area contributed by atoms with E-state index in [1.54, 1.807) is 5.57 Å². The standard InChI is InChI=1S/C19H30/c1-4-6-8-10-15-18(14-9-7-5-2)19-16-12-11-13-17(19)3/h11-13,15-16H,4-10,14H2,1-3H3/b18-15+. The summed E-state index contributed by atoms with van der Waals surface area (Å²) in [6, 6.07) is 8.82. The number of aryl methyl sites for hydroxylation is 1. The number of benzene rings is 1. The zero-order chi connectivity index (χ0) is 13.9. The maximum atomic E-state index is 2.49. The van der Waals surface area contributed by atoms with Gasteiger partial charge in [-0.3, -0.25) is 0 Å². The molecule has 0 heteroatoms. The van der Waals surface area contributed by atoms with Gasteiger partial charge < -0.3 is 0 Å². The van der Waals surface area contributed by atoms with Crippen LogP contribution >= 0.6 is 0 Å². The normalized spacial score (nSPS) is 11.8. The quantitative estimate of drug-likeness (QED) is 0.441. The van der Waals surface area contributed by atoms with Crippen LogP contribution in [0.3, 0.4) is 0 Å². The van der Waals surface area contributed by atoms with E-state index in [-0.39, 0.29) is 0 Å². The van der Waals surface area contributed by atoms with Crippen LogP contribution in [-0.4, -0.2) is 0 Å². The summed E-state index contributed by atoms with van der Waals surface area (Å²) in [4.78, 5) is 0. The monoisotopic (exact) mass is 258 g/mol. The van der Waals surface area contributed by atoms with E-state index in [1.807, 2.05) is 0 Å². The molecule has 0 unspecified atom stereocenters. The largest absolute Gasteiger partial charge is 0.0807 e. The van der Waals surface area contributed by atoms with Crippen LogP contribution in [0.4, 0.5) is 0 Å². The third-order valence-electron chi connectivity index (χ3n) is 3.74. The van der Waals surface area contributed by atoms with Crippen molar-refractivity contribution in [2.75, 3.05) is 0 Å². The van der Waals surface area contributed by atoms with Gasteiger partial charge in [-0.1, -0.05) is 69.9 Å². The van der Waals surface area contributed by atoms with Gasteiger partial charge in [0.1, 0.15) is 0 Å². The molecule has 0 saturated carbocycles. The van der Waals surface area contributed by atoms with Gasteiger partial charge in [-0.15, -0.1) is 0 Å². The van der Waals surface area contributed by atoms with E-state index >= 15 is 0 Å². The second-order valence-corrected chi connectivity index (χ2v) is 5.50. The van der Waals surface area contributed by atoms with Crippen LogP contribution < -0.4 is 0 Å². The maximum absolute atomic E-state index is 2.49. The third kappa shape index (κ3) is 6.09. The average Bonchev–Trinajstić information content (AvgIpc) is 2.42. The van der Waals surface area contributed by atoms with Crippen molar-refractivity contribution < 1.29 is 0 Å². The summed E-state index contributed by atoms with van der Waals surface area (Å²) < 4.78 is 0. The first-order valence-corrected chi connectivity index (χ1v) is 8.04. The topological polar surface area (TPSA) is 0 Å². The summed E-state index contributed by atoms with van der Waals surface area (Å²) in [6.45, 7) is 6.78. The van der Waals surface area contributed by atoms with Gasteiger partial charge in [-0.25, -0.2) is 0 Å². The highest BCUT2D eigenvalue weighted by molar-refractivity contribution is 5.68. The molecule has 0 aliphatic carbocycles. The fourth-order valence-electron chi connectivity index (χ4n) is 2.52. The molecule has 0 saturated heterocycles. The van der Waals surface area contributed by atoms with Crippen LogP contribution in [0.1, 0.15) is 76.3 Å². The lowest BCUT2D eigenvalue weighted by atomic mass is 9.94. The summed E-state index contributed by atoms with van der Waals surface area (Å²) in [6.07, 6.45) is 12.9. The zero-order valence-electron chi connectivity index (χ0n) is 13.0. The minimum absolute atomic E-state index is 1.24. The lowest BCUT2D eigenvalue weighted by Crippen LogP contribution is -1.90. The highest BCUT2D eigenvalue weighted by atomic mass is 14.1. The maximum Gasteiger partial charge on any atom is -0.0198 e. The van der Waals surface area contributed by atoms with Gasteiger partial charge in [0.25, 0.3) is 0 Å². The van der Waals surface area contributed by atoms with Gasteiger partial charge in [0.15, 0.2) is 0 Å². The van der Waals surface area contributed by atoms with E-state index in [2.05, 4.69) is 51.1 Å². The molecule has 0 radical (unpaired) electrons. The molecule has 106 valence electrons. The molecule has 0 amide bonds. The van der Waals surface area contributed by atoms with E-state index in [4.69, 9.17) is 0 Å². The predicted molar refractivity (Wildman–Crippen MR) is 87.4 cm³/mol. The molecule has 0 aliphatic rings. The van der Waals surface area contributed by atoms with E-state index < -0.39 is 0 Å². The zero-order valence-corrected chi connectivity index (χ0v) is 13.0. The van der Waals surface area contributed by atoms with Crippen LogP contribution in [0, 0.1) is 6.92 Å². The Balaban J connectivity index is 2.71. The van der Waals surface area contributed by atoms with Crippen LogP contribution in [0.5, 0.6) is 0 Å². The van der Waals surface area contributed by atoms with Gasteiger partial charge in [0, 0.05) is 0 Å². The van der Waals surface area contributed by atoms with E-state index in [0.717, 1.165) is 0 Å². The Kier molecular flexibility index (Phi) is 8.29. The molecular weight excluding hydrogens is 228 g/mol. The second-order valence-electron chi connectivity index (χ2n) is 5.50. The van der Waals surface area contributed by atoms with Crippen LogP contribution in [-0.2, 0) is 0 Å². The Morgan fingerprint density at radius 3 is 2.32 bits per heavy atom. The smallest absolute Gasteiger partial charge is 0.0198 e. The Morgan fingerprint density at radius 1 is 0.947 bits per heavy atom. The first-order chi connectivity index (χ1) is 9.29. The van der Waals surface area contributed by atoms with Crippen LogP contribution in [0.25, 0.3) is 5.57 Å². The fourth-order valence-corrected chi connectivity index (χ4v) is 2.52. The van der Waals surface area contributed by atoms with Crippen LogP contribution in [0.15, 0.2) is 30.3 Å². The fraction of sp³-hybridized carbons (Fsp3) is 0.579. The lowest BCUT2D eigenvalue weighted by molar-refractivity contribution is 0.720. The molecule has 1 aromatic carbocycles.